The third kappa shape index (κ3) is 3.50. The minimum absolute atomic E-state index is 0.0518. The molecule has 31 heavy (non-hydrogen) atoms. The molecule has 0 bridgehead atoms. The van der Waals surface area contributed by atoms with Gasteiger partial charge in [-0.25, -0.2) is 4.39 Å². The lowest BCUT2D eigenvalue weighted by molar-refractivity contribution is -0.133. The fourth-order valence-electron chi connectivity index (χ4n) is 4.71. The second kappa shape index (κ2) is 7.53. The van der Waals surface area contributed by atoms with E-state index in [4.69, 9.17) is 9.47 Å². The number of rotatable bonds is 3. The Bertz CT molecular complexity index is 1020. The first-order valence-corrected chi connectivity index (χ1v) is 10.5. The highest BCUT2D eigenvalue weighted by molar-refractivity contribution is 5.94. The number of halogens is 1. The van der Waals surface area contributed by atoms with Gasteiger partial charge in [-0.2, -0.15) is 0 Å². The van der Waals surface area contributed by atoms with Crippen LogP contribution in [0.4, 0.5) is 4.39 Å². The molecule has 2 amide bonds. The minimum atomic E-state index is -0.494. The second-order valence-corrected chi connectivity index (χ2v) is 8.31. The fourth-order valence-corrected chi connectivity index (χ4v) is 4.71. The quantitative estimate of drug-likeness (QED) is 0.818. The number of carbonyl (C=O) groups excluding carboxylic acids is 2. The fraction of sp³-hybridized carbons (Fsp3) is 0.391. The number of carbonyl (C=O) groups is 2. The second-order valence-electron chi connectivity index (χ2n) is 8.31. The molecule has 2 aromatic carbocycles. The maximum absolute atomic E-state index is 13.2. The van der Waals surface area contributed by atoms with Gasteiger partial charge >= 0.3 is 0 Å². The molecule has 3 aliphatic heterocycles. The van der Waals surface area contributed by atoms with Crippen molar-refractivity contribution >= 4 is 11.8 Å². The predicted molar refractivity (Wildman–Crippen MR) is 110 cm³/mol. The molecule has 1 spiro atoms. The van der Waals surface area contributed by atoms with E-state index in [9.17, 15) is 14.0 Å². The van der Waals surface area contributed by atoms with Gasteiger partial charge in [0.1, 0.15) is 5.82 Å². The molecule has 0 radical (unpaired) electrons. The number of likely N-dealkylation sites (tertiary alicyclic amines) is 1. The molecule has 2 saturated heterocycles. The zero-order valence-corrected chi connectivity index (χ0v) is 17.3. The lowest BCUT2D eigenvalue weighted by Gasteiger charge is -2.44. The molecule has 1 N–H and O–H groups in total. The number of fused-ring (bicyclic) bond motifs is 1. The topological polar surface area (TPSA) is 71.1 Å². The number of hydrogen-bond donors (Lipinski definition) is 1. The van der Waals surface area contributed by atoms with E-state index in [-0.39, 0.29) is 30.5 Å². The van der Waals surface area contributed by atoms with Crippen molar-refractivity contribution in [1.29, 1.82) is 0 Å². The van der Waals surface area contributed by atoms with Crippen molar-refractivity contribution in [3.63, 3.8) is 0 Å². The van der Waals surface area contributed by atoms with Crippen molar-refractivity contribution < 1.29 is 23.5 Å². The van der Waals surface area contributed by atoms with Crippen LogP contribution in [0.3, 0.4) is 0 Å². The van der Waals surface area contributed by atoms with E-state index in [0.717, 1.165) is 5.56 Å². The lowest BCUT2D eigenvalue weighted by atomic mass is 9.94. The Kier molecular flexibility index (Phi) is 4.81. The molecule has 2 aromatic rings. The summed E-state index contributed by atoms with van der Waals surface area (Å²) in [5, 5.41) is 3.48. The molecule has 7 nitrogen and oxygen atoms in total. The summed E-state index contributed by atoms with van der Waals surface area (Å²) in [6.45, 7) is 3.57. The van der Waals surface area contributed by atoms with Gasteiger partial charge in [-0.3, -0.25) is 14.9 Å². The Morgan fingerprint density at radius 1 is 1.13 bits per heavy atom. The van der Waals surface area contributed by atoms with Gasteiger partial charge in [0.25, 0.3) is 5.91 Å². The third-order valence-electron chi connectivity index (χ3n) is 6.38. The van der Waals surface area contributed by atoms with Gasteiger partial charge in [-0.1, -0.05) is 6.07 Å². The molecular formula is C23H24FN3O4. The summed E-state index contributed by atoms with van der Waals surface area (Å²) in [7, 11) is 0. The molecule has 0 aromatic heterocycles. The monoisotopic (exact) mass is 425 g/mol. The standard InChI is InChI=1S/C23H24FN3O4/c1-15-21(28)27(13-16-2-7-19-20(12-16)31-14-30-19)23(25-15)8-10-26(11-9-23)22(29)17-3-5-18(24)6-4-17/h2-7,12,15,25H,8-11,13-14H2,1H3. The van der Waals surface area contributed by atoms with E-state index < -0.39 is 5.66 Å². The van der Waals surface area contributed by atoms with Gasteiger partial charge in [0.15, 0.2) is 11.5 Å². The highest BCUT2D eigenvalue weighted by Gasteiger charge is 2.50. The van der Waals surface area contributed by atoms with E-state index in [1.807, 2.05) is 30.0 Å². The summed E-state index contributed by atoms with van der Waals surface area (Å²) in [5.74, 6) is 0.978. The molecule has 8 heteroatoms. The summed E-state index contributed by atoms with van der Waals surface area (Å²) in [6.07, 6.45) is 1.25. The van der Waals surface area contributed by atoms with Gasteiger partial charge in [0.2, 0.25) is 12.7 Å². The van der Waals surface area contributed by atoms with Crippen LogP contribution in [-0.2, 0) is 11.3 Å². The number of piperidine rings is 1. The molecule has 3 aliphatic rings. The summed E-state index contributed by atoms with van der Waals surface area (Å²) < 4.78 is 24.0. The lowest BCUT2D eigenvalue weighted by Crippen LogP contribution is -2.59. The van der Waals surface area contributed by atoms with Crippen LogP contribution in [0, 0.1) is 5.82 Å². The van der Waals surface area contributed by atoms with E-state index in [0.29, 0.717) is 49.5 Å². The Balaban J connectivity index is 1.32. The zero-order chi connectivity index (χ0) is 21.6. The van der Waals surface area contributed by atoms with E-state index in [1.165, 1.54) is 24.3 Å². The van der Waals surface area contributed by atoms with Crippen LogP contribution in [0.5, 0.6) is 11.5 Å². The van der Waals surface area contributed by atoms with E-state index in [1.54, 1.807) is 4.90 Å². The van der Waals surface area contributed by atoms with Gasteiger partial charge in [0, 0.05) is 38.0 Å². The zero-order valence-electron chi connectivity index (χ0n) is 17.3. The number of nitrogens with zero attached hydrogens (tertiary/aromatic N) is 2. The first-order valence-electron chi connectivity index (χ1n) is 10.5. The summed E-state index contributed by atoms with van der Waals surface area (Å²) >= 11 is 0. The van der Waals surface area contributed by atoms with Crippen molar-refractivity contribution in [3.8, 4) is 11.5 Å². The summed E-state index contributed by atoms with van der Waals surface area (Å²) in [4.78, 5) is 29.4. The average molecular weight is 425 g/mol. The predicted octanol–water partition coefficient (Wildman–Crippen LogP) is 2.51. The maximum atomic E-state index is 13.2. The highest BCUT2D eigenvalue weighted by atomic mass is 19.1. The average Bonchev–Trinajstić information content (AvgIpc) is 3.33. The highest BCUT2D eigenvalue weighted by Crippen LogP contribution is 2.37. The number of nitrogens with one attached hydrogen (secondary N) is 1. The largest absolute Gasteiger partial charge is 0.454 e. The molecule has 0 saturated carbocycles. The van der Waals surface area contributed by atoms with Crippen LogP contribution in [0.25, 0.3) is 0 Å². The normalized spacial score (nSPS) is 21.7. The molecule has 2 fully saturated rings. The van der Waals surface area contributed by atoms with E-state index >= 15 is 0 Å². The van der Waals surface area contributed by atoms with Crippen LogP contribution < -0.4 is 14.8 Å². The van der Waals surface area contributed by atoms with Crippen LogP contribution in [0.2, 0.25) is 0 Å². The first-order chi connectivity index (χ1) is 14.9. The molecule has 0 aliphatic carbocycles. The minimum Gasteiger partial charge on any atom is -0.454 e. The number of benzene rings is 2. The van der Waals surface area contributed by atoms with Crippen molar-refractivity contribution in [2.45, 2.75) is 38.0 Å². The van der Waals surface area contributed by atoms with Crippen LogP contribution >= 0.6 is 0 Å². The summed E-state index contributed by atoms with van der Waals surface area (Å²) in [5.41, 5.74) is 0.947. The maximum Gasteiger partial charge on any atom is 0.253 e. The van der Waals surface area contributed by atoms with Crippen molar-refractivity contribution in [2.24, 2.45) is 0 Å². The van der Waals surface area contributed by atoms with Crippen LogP contribution in [0.15, 0.2) is 42.5 Å². The first kappa shape index (κ1) is 19.8. The summed E-state index contributed by atoms with van der Waals surface area (Å²) in [6, 6.07) is 11.1. The Labute approximate surface area is 179 Å². The van der Waals surface area contributed by atoms with Crippen LogP contribution in [-0.4, -0.2) is 53.2 Å². The third-order valence-corrected chi connectivity index (χ3v) is 6.38. The van der Waals surface area contributed by atoms with Crippen molar-refractivity contribution in [3.05, 3.63) is 59.4 Å². The molecule has 5 rings (SSSR count). The molecule has 1 atom stereocenters. The van der Waals surface area contributed by atoms with Crippen molar-refractivity contribution in [1.82, 2.24) is 15.1 Å². The Morgan fingerprint density at radius 3 is 2.58 bits per heavy atom. The Morgan fingerprint density at radius 2 is 1.84 bits per heavy atom. The number of ether oxygens (including phenoxy) is 2. The van der Waals surface area contributed by atoms with Gasteiger partial charge in [0.05, 0.1) is 11.7 Å². The molecular weight excluding hydrogens is 401 g/mol. The van der Waals surface area contributed by atoms with E-state index in [2.05, 4.69) is 5.32 Å². The molecule has 162 valence electrons. The van der Waals surface area contributed by atoms with Gasteiger partial charge in [-0.05, 0) is 48.9 Å². The van der Waals surface area contributed by atoms with Gasteiger partial charge < -0.3 is 19.3 Å². The van der Waals surface area contributed by atoms with Crippen molar-refractivity contribution in [2.75, 3.05) is 19.9 Å². The smallest absolute Gasteiger partial charge is 0.253 e. The van der Waals surface area contributed by atoms with Crippen LogP contribution in [0.1, 0.15) is 35.7 Å². The number of hydrogen-bond acceptors (Lipinski definition) is 5. The van der Waals surface area contributed by atoms with Gasteiger partial charge in [-0.15, -0.1) is 0 Å². The number of amides is 2. The SMILES string of the molecule is CC1NC2(CCN(C(=O)c3ccc(F)cc3)CC2)N(Cc2ccc3c(c2)OCO3)C1=O. The Hall–Kier alpha value is -3.13. The molecule has 3 heterocycles. The molecule has 1 unspecified atom stereocenters.